The zero-order valence-corrected chi connectivity index (χ0v) is 19.1. The second kappa shape index (κ2) is 9.80. The van der Waals surface area contributed by atoms with Crippen molar-refractivity contribution in [2.75, 3.05) is 25.0 Å². The number of esters is 1. The quantitative estimate of drug-likeness (QED) is 0.645. The summed E-state index contributed by atoms with van der Waals surface area (Å²) in [6, 6.07) is 8.98. The maximum absolute atomic E-state index is 13.0. The van der Waals surface area contributed by atoms with Gasteiger partial charge in [0.15, 0.2) is 0 Å². The Balaban J connectivity index is 1.84. The number of nitrogens with zero attached hydrogens (tertiary/aromatic N) is 1. The summed E-state index contributed by atoms with van der Waals surface area (Å²) in [6.45, 7) is 4.65. The molecule has 9 heteroatoms. The summed E-state index contributed by atoms with van der Waals surface area (Å²) in [5, 5.41) is 2.87. The molecule has 0 aromatic heterocycles. The number of sulfonamides is 1. The van der Waals surface area contributed by atoms with Gasteiger partial charge in [0.05, 0.1) is 27.8 Å². The van der Waals surface area contributed by atoms with Gasteiger partial charge in [-0.2, -0.15) is 4.31 Å². The molecule has 1 aliphatic rings. The van der Waals surface area contributed by atoms with E-state index in [2.05, 4.69) is 5.32 Å². The molecule has 31 heavy (non-hydrogen) atoms. The Morgan fingerprint density at radius 2 is 1.81 bits per heavy atom. The van der Waals surface area contributed by atoms with Crippen molar-refractivity contribution >= 4 is 39.2 Å². The van der Waals surface area contributed by atoms with Crippen LogP contribution in [0.4, 0.5) is 5.69 Å². The number of anilines is 1. The van der Waals surface area contributed by atoms with Gasteiger partial charge in [0.1, 0.15) is 0 Å². The zero-order chi connectivity index (χ0) is 22.6. The molecule has 0 spiro atoms. The maximum Gasteiger partial charge on any atom is 0.338 e. The molecular formula is C22H25ClN2O5S. The van der Waals surface area contributed by atoms with E-state index in [1.807, 2.05) is 0 Å². The Morgan fingerprint density at radius 1 is 1.10 bits per heavy atom. The molecule has 1 heterocycles. The summed E-state index contributed by atoms with van der Waals surface area (Å²) >= 11 is 6.23. The molecular weight excluding hydrogens is 440 g/mol. The van der Waals surface area contributed by atoms with Gasteiger partial charge in [0.25, 0.3) is 5.91 Å². The summed E-state index contributed by atoms with van der Waals surface area (Å²) in [7, 11) is -3.66. The highest BCUT2D eigenvalue weighted by molar-refractivity contribution is 7.89. The van der Waals surface area contributed by atoms with Crippen LogP contribution in [0, 0.1) is 6.92 Å². The van der Waals surface area contributed by atoms with E-state index in [0.29, 0.717) is 24.3 Å². The number of ether oxygens (including phenoxy) is 1. The molecule has 1 saturated heterocycles. The highest BCUT2D eigenvalue weighted by atomic mass is 35.5. The summed E-state index contributed by atoms with van der Waals surface area (Å²) in [5.74, 6) is -0.993. The van der Waals surface area contributed by atoms with Crippen molar-refractivity contribution in [2.24, 2.45) is 0 Å². The minimum atomic E-state index is -3.66. The number of nitrogens with one attached hydrogen (secondary N) is 1. The molecule has 3 rings (SSSR count). The molecule has 1 amide bonds. The summed E-state index contributed by atoms with van der Waals surface area (Å²) in [5.41, 5.74) is 1.46. The number of hydrogen-bond acceptors (Lipinski definition) is 5. The minimum absolute atomic E-state index is 0.0916. The molecule has 0 saturated carbocycles. The van der Waals surface area contributed by atoms with Crippen LogP contribution in [-0.4, -0.2) is 44.3 Å². The predicted octanol–water partition coefficient (Wildman–Crippen LogP) is 4.25. The van der Waals surface area contributed by atoms with E-state index in [1.54, 1.807) is 19.9 Å². The molecule has 2 aromatic carbocycles. The number of hydrogen-bond donors (Lipinski definition) is 1. The average Bonchev–Trinajstić information content (AvgIpc) is 2.76. The molecule has 0 radical (unpaired) electrons. The fraction of sp³-hybridized carbons (Fsp3) is 0.364. The molecule has 1 fully saturated rings. The van der Waals surface area contributed by atoms with E-state index in [-0.39, 0.29) is 27.7 Å². The van der Waals surface area contributed by atoms with E-state index >= 15 is 0 Å². The number of rotatable bonds is 6. The first-order valence-corrected chi connectivity index (χ1v) is 11.9. The normalized spacial score (nSPS) is 14.8. The predicted molar refractivity (Wildman–Crippen MR) is 119 cm³/mol. The van der Waals surface area contributed by atoms with Crippen LogP contribution in [-0.2, 0) is 14.8 Å². The van der Waals surface area contributed by atoms with Gasteiger partial charge in [-0.05, 0) is 62.6 Å². The Kier molecular flexibility index (Phi) is 7.35. The van der Waals surface area contributed by atoms with Gasteiger partial charge in [0, 0.05) is 18.7 Å². The molecule has 2 aromatic rings. The molecule has 1 N–H and O–H groups in total. The fourth-order valence-electron chi connectivity index (χ4n) is 3.41. The Bertz CT molecular complexity index is 1100. The Labute approximate surface area is 187 Å². The largest absolute Gasteiger partial charge is 0.462 e. The molecule has 1 aliphatic heterocycles. The van der Waals surface area contributed by atoms with Crippen LogP contribution in [0.1, 0.15) is 52.5 Å². The number of carbonyl (C=O) groups is 2. The average molecular weight is 465 g/mol. The SMILES string of the molecule is CCOC(=O)c1ccc(NC(=O)c2cc(S(=O)(=O)N3CCCCC3)ccc2C)c(Cl)c1. The van der Waals surface area contributed by atoms with Crippen molar-refractivity contribution in [3.8, 4) is 0 Å². The number of benzene rings is 2. The van der Waals surface area contributed by atoms with Gasteiger partial charge < -0.3 is 10.1 Å². The van der Waals surface area contributed by atoms with Crippen molar-refractivity contribution in [3.05, 3.63) is 58.1 Å². The van der Waals surface area contributed by atoms with Crippen molar-refractivity contribution in [1.29, 1.82) is 0 Å². The lowest BCUT2D eigenvalue weighted by atomic mass is 10.1. The first-order chi connectivity index (χ1) is 14.7. The van der Waals surface area contributed by atoms with Crippen molar-refractivity contribution in [3.63, 3.8) is 0 Å². The van der Waals surface area contributed by atoms with E-state index in [9.17, 15) is 18.0 Å². The van der Waals surface area contributed by atoms with Gasteiger partial charge in [-0.15, -0.1) is 0 Å². The minimum Gasteiger partial charge on any atom is -0.462 e. The van der Waals surface area contributed by atoms with Crippen LogP contribution in [0.5, 0.6) is 0 Å². The van der Waals surface area contributed by atoms with Gasteiger partial charge in [-0.3, -0.25) is 4.79 Å². The molecule has 0 unspecified atom stereocenters. The first kappa shape index (κ1) is 23.2. The second-order valence-corrected chi connectivity index (χ2v) is 9.66. The smallest absolute Gasteiger partial charge is 0.338 e. The van der Waals surface area contributed by atoms with Crippen LogP contribution in [0.15, 0.2) is 41.3 Å². The van der Waals surface area contributed by atoms with Gasteiger partial charge in [0.2, 0.25) is 10.0 Å². The molecule has 7 nitrogen and oxygen atoms in total. The Morgan fingerprint density at radius 3 is 2.45 bits per heavy atom. The van der Waals surface area contributed by atoms with Crippen LogP contribution in [0.3, 0.4) is 0 Å². The van der Waals surface area contributed by atoms with Crippen molar-refractivity contribution < 1.29 is 22.7 Å². The summed E-state index contributed by atoms with van der Waals surface area (Å²) in [4.78, 5) is 24.8. The Hall–Kier alpha value is -2.42. The van der Waals surface area contributed by atoms with E-state index in [4.69, 9.17) is 16.3 Å². The summed E-state index contributed by atoms with van der Waals surface area (Å²) < 4.78 is 32.3. The first-order valence-electron chi connectivity index (χ1n) is 10.1. The van der Waals surface area contributed by atoms with E-state index < -0.39 is 21.9 Å². The lowest BCUT2D eigenvalue weighted by Crippen LogP contribution is -2.35. The van der Waals surface area contributed by atoms with Crippen molar-refractivity contribution in [1.82, 2.24) is 4.31 Å². The number of carbonyl (C=O) groups excluding carboxylic acids is 2. The molecule has 0 atom stereocenters. The standard InChI is InChI=1S/C22H25ClN2O5S/c1-3-30-22(27)16-8-10-20(19(23)13-16)24-21(26)18-14-17(9-7-15(18)2)31(28,29)25-11-5-4-6-12-25/h7-10,13-14H,3-6,11-12H2,1-2H3,(H,24,26). The number of piperidine rings is 1. The second-order valence-electron chi connectivity index (χ2n) is 7.31. The third-order valence-electron chi connectivity index (χ3n) is 5.13. The van der Waals surface area contributed by atoms with Crippen LogP contribution >= 0.6 is 11.6 Å². The zero-order valence-electron chi connectivity index (χ0n) is 17.5. The monoisotopic (exact) mass is 464 g/mol. The maximum atomic E-state index is 13.0. The fourth-order valence-corrected chi connectivity index (χ4v) is 5.18. The van der Waals surface area contributed by atoms with E-state index in [0.717, 1.165) is 19.3 Å². The van der Waals surface area contributed by atoms with Crippen LogP contribution < -0.4 is 5.32 Å². The third kappa shape index (κ3) is 5.26. The number of aryl methyl sites for hydroxylation is 1. The third-order valence-corrected chi connectivity index (χ3v) is 7.34. The van der Waals surface area contributed by atoms with Crippen molar-refractivity contribution in [2.45, 2.75) is 38.0 Å². The number of amides is 1. The molecule has 166 valence electrons. The lowest BCUT2D eigenvalue weighted by molar-refractivity contribution is 0.0526. The molecule has 0 aliphatic carbocycles. The topological polar surface area (TPSA) is 92.8 Å². The number of halogens is 1. The highest BCUT2D eigenvalue weighted by Crippen LogP contribution is 2.26. The van der Waals surface area contributed by atoms with Crippen LogP contribution in [0.25, 0.3) is 0 Å². The highest BCUT2D eigenvalue weighted by Gasteiger charge is 2.27. The summed E-state index contributed by atoms with van der Waals surface area (Å²) in [6.07, 6.45) is 2.68. The van der Waals surface area contributed by atoms with Gasteiger partial charge in [-0.25, -0.2) is 13.2 Å². The van der Waals surface area contributed by atoms with Crippen LogP contribution in [0.2, 0.25) is 5.02 Å². The molecule has 0 bridgehead atoms. The van der Waals surface area contributed by atoms with Gasteiger partial charge in [-0.1, -0.05) is 24.1 Å². The van der Waals surface area contributed by atoms with E-state index in [1.165, 1.54) is 34.6 Å². The lowest BCUT2D eigenvalue weighted by Gasteiger charge is -2.26. The van der Waals surface area contributed by atoms with Gasteiger partial charge >= 0.3 is 5.97 Å².